The van der Waals surface area contributed by atoms with E-state index in [9.17, 15) is 17.2 Å². The molecule has 19 heavy (non-hydrogen) atoms. The zero-order chi connectivity index (χ0) is 14.0. The third-order valence-electron chi connectivity index (χ3n) is 2.38. The Morgan fingerprint density at radius 2 is 2.05 bits per heavy atom. The van der Waals surface area contributed by atoms with Crippen molar-refractivity contribution in [2.24, 2.45) is 0 Å². The van der Waals surface area contributed by atoms with Crippen molar-refractivity contribution in [3.05, 3.63) is 42.0 Å². The standard InChI is InChI=1S/C10H10F2N4O2S/c1-6(10-13-5-14-15-10)16-19(17,18)7-2-3-8(11)9(12)4-7/h2-6,16H,1H3,(H,13,14,15). The topological polar surface area (TPSA) is 87.7 Å². The van der Waals surface area contributed by atoms with Gasteiger partial charge >= 0.3 is 0 Å². The quantitative estimate of drug-likeness (QED) is 0.882. The van der Waals surface area contributed by atoms with Gasteiger partial charge in [-0.3, -0.25) is 5.10 Å². The number of benzene rings is 1. The van der Waals surface area contributed by atoms with Crippen molar-refractivity contribution < 1.29 is 17.2 Å². The molecule has 0 bridgehead atoms. The smallest absolute Gasteiger partial charge is 0.241 e. The largest absolute Gasteiger partial charge is 0.262 e. The van der Waals surface area contributed by atoms with Crippen LogP contribution in [0.2, 0.25) is 0 Å². The highest BCUT2D eigenvalue weighted by atomic mass is 32.2. The molecule has 0 saturated heterocycles. The summed E-state index contributed by atoms with van der Waals surface area (Å²) in [6, 6.07) is 1.67. The van der Waals surface area contributed by atoms with Crippen LogP contribution in [0, 0.1) is 11.6 Å². The van der Waals surface area contributed by atoms with E-state index in [0.29, 0.717) is 11.9 Å². The highest BCUT2D eigenvalue weighted by molar-refractivity contribution is 7.89. The normalized spacial score (nSPS) is 13.4. The molecule has 0 aliphatic carbocycles. The average molecular weight is 288 g/mol. The molecule has 0 saturated carbocycles. The van der Waals surface area contributed by atoms with Gasteiger partial charge < -0.3 is 0 Å². The number of rotatable bonds is 4. The van der Waals surface area contributed by atoms with Gasteiger partial charge in [-0.1, -0.05) is 0 Å². The lowest BCUT2D eigenvalue weighted by Gasteiger charge is -2.11. The summed E-state index contributed by atoms with van der Waals surface area (Å²) in [4.78, 5) is 3.43. The molecule has 1 aromatic carbocycles. The van der Waals surface area contributed by atoms with Crippen molar-refractivity contribution >= 4 is 10.0 Å². The van der Waals surface area contributed by atoms with Crippen LogP contribution in [0.25, 0.3) is 0 Å². The summed E-state index contributed by atoms with van der Waals surface area (Å²) in [5.41, 5.74) is 0. The number of sulfonamides is 1. The van der Waals surface area contributed by atoms with E-state index in [1.165, 1.54) is 13.3 Å². The van der Waals surface area contributed by atoms with Crippen LogP contribution in [0.3, 0.4) is 0 Å². The van der Waals surface area contributed by atoms with Gasteiger partial charge in [-0.15, -0.1) is 0 Å². The number of aromatic amines is 1. The van der Waals surface area contributed by atoms with Crippen LogP contribution in [0.5, 0.6) is 0 Å². The summed E-state index contributed by atoms with van der Waals surface area (Å²) in [7, 11) is -3.97. The molecule has 2 rings (SSSR count). The molecule has 102 valence electrons. The van der Waals surface area contributed by atoms with Gasteiger partial charge in [-0.05, 0) is 25.1 Å². The first-order chi connectivity index (χ1) is 8.90. The van der Waals surface area contributed by atoms with Gasteiger partial charge in [0.15, 0.2) is 11.6 Å². The van der Waals surface area contributed by atoms with E-state index >= 15 is 0 Å². The van der Waals surface area contributed by atoms with Gasteiger partial charge in [0.2, 0.25) is 10.0 Å². The molecule has 6 nitrogen and oxygen atoms in total. The number of nitrogens with zero attached hydrogens (tertiary/aromatic N) is 2. The van der Waals surface area contributed by atoms with Crippen LogP contribution < -0.4 is 4.72 Å². The Kier molecular flexibility index (Phi) is 3.58. The zero-order valence-corrected chi connectivity index (χ0v) is 10.6. The summed E-state index contributed by atoms with van der Waals surface area (Å²) in [6.45, 7) is 1.54. The number of hydrogen-bond donors (Lipinski definition) is 2. The Balaban J connectivity index is 2.25. The van der Waals surface area contributed by atoms with Gasteiger partial charge in [-0.2, -0.15) is 5.10 Å². The third kappa shape index (κ3) is 2.93. The Hall–Kier alpha value is -1.87. The number of H-pyrrole nitrogens is 1. The lowest BCUT2D eigenvalue weighted by molar-refractivity contribution is 0.503. The fraction of sp³-hybridized carbons (Fsp3) is 0.200. The van der Waals surface area contributed by atoms with Gasteiger partial charge in [0, 0.05) is 0 Å². The van der Waals surface area contributed by atoms with Crippen molar-refractivity contribution in [2.45, 2.75) is 17.9 Å². The van der Waals surface area contributed by atoms with E-state index in [1.807, 2.05) is 0 Å². The summed E-state index contributed by atoms with van der Waals surface area (Å²) in [5, 5.41) is 6.10. The highest BCUT2D eigenvalue weighted by Gasteiger charge is 2.21. The van der Waals surface area contributed by atoms with E-state index in [0.717, 1.165) is 12.1 Å². The lowest BCUT2D eigenvalue weighted by atomic mass is 10.3. The van der Waals surface area contributed by atoms with Crippen LogP contribution in [0.1, 0.15) is 18.8 Å². The van der Waals surface area contributed by atoms with Crippen molar-refractivity contribution in [3.63, 3.8) is 0 Å². The average Bonchev–Trinajstić information content (AvgIpc) is 2.85. The molecular formula is C10H10F2N4O2S. The molecule has 0 spiro atoms. The Bertz CT molecular complexity index is 673. The molecule has 2 aromatic rings. The first-order valence-corrected chi connectivity index (χ1v) is 6.71. The molecule has 0 radical (unpaired) electrons. The summed E-state index contributed by atoms with van der Waals surface area (Å²) < 4.78 is 51.9. The number of hydrogen-bond acceptors (Lipinski definition) is 4. The maximum absolute atomic E-state index is 13.0. The minimum absolute atomic E-state index is 0.311. The summed E-state index contributed by atoms with van der Waals surface area (Å²) in [6.07, 6.45) is 1.23. The van der Waals surface area contributed by atoms with Crippen molar-refractivity contribution in [1.29, 1.82) is 0 Å². The monoisotopic (exact) mass is 288 g/mol. The van der Waals surface area contributed by atoms with Crippen LogP contribution in [0.15, 0.2) is 29.4 Å². The van der Waals surface area contributed by atoms with E-state index in [2.05, 4.69) is 19.9 Å². The van der Waals surface area contributed by atoms with E-state index in [1.54, 1.807) is 0 Å². The van der Waals surface area contributed by atoms with Crippen LogP contribution in [0.4, 0.5) is 8.78 Å². The second kappa shape index (κ2) is 5.02. The van der Waals surface area contributed by atoms with E-state index < -0.39 is 27.7 Å². The zero-order valence-electron chi connectivity index (χ0n) is 9.76. The molecule has 2 N–H and O–H groups in total. The van der Waals surface area contributed by atoms with Crippen molar-refractivity contribution in [2.75, 3.05) is 0 Å². The SMILES string of the molecule is CC(NS(=O)(=O)c1ccc(F)c(F)c1)c1ncn[nH]1. The van der Waals surface area contributed by atoms with Gasteiger partial charge in [0.05, 0.1) is 10.9 Å². The van der Waals surface area contributed by atoms with Crippen molar-refractivity contribution in [1.82, 2.24) is 19.9 Å². The third-order valence-corrected chi connectivity index (χ3v) is 3.92. The number of halogens is 2. The first-order valence-electron chi connectivity index (χ1n) is 5.23. The fourth-order valence-corrected chi connectivity index (χ4v) is 2.64. The van der Waals surface area contributed by atoms with Crippen LogP contribution >= 0.6 is 0 Å². The molecule has 1 heterocycles. The molecule has 0 fully saturated rings. The summed E-state index contributed by atoms with van der Waals surface area (Å²) >= 11 is 0. The molecule has 0 amide bonds. The lowest BCUT2D eigenvalue weighted by Crippen LogP contribution is -2.27. The van der Waals surface area contributed by atoms with Crippen LogP contribution in [-0.2, 0) is 10.0 Å². The van der Waals surface area contributed by atoms with Gasteiger partial charge in [0.1, 0.15) is 12.2 Å². The van der Waals surface area contributed by atoms with Crippen LogP contribution in [-0.4, -0.2) is 23.6 Å². The second-order valence-electron chi connectivity index (χ2n) is 3.79. The van der Waals surface area contributed by atoms with E-state index in [-0.39, 0.29) is 4.90 Å². The maximum atomic E-state index is 13.0. The molecular weight excluding hydrogens is 278 g/mol. The maximum Gasteiger partial charge on any atom is 0.241 e. The minimum atomic E-state index is -3.97. The molecule has 9 heteroatoms. The van der Waals surface area contributed by atoms with E-state index in [4.69, 9.17) is 0 Å². The first kappa shape index (κ1) is 13.6. The predicted molar refractivity (Wildman–Crippen MR) is 61.5 cm³/mol. The van der Waals surface area contributed by atoms with Gasteiger partial charge in [0.25, 0.3) is 0 Å². The molecule has 0 aliphatic heterocycles. The molecule has 0 aliphatic rings. The Labute approximate surface area is 107 Å². The molecule has 1 atom stereocenters. The predicted octanol–water partition coefficient (Wildman–Crippen LogP) is 1.12. The summed E-state index contributed by atoms with van der Waals surface area (Å²) in [5.74, 6) is -2.02. The molecule has 1 aromatic heterocycles. The Morgan fingerprint density at radius 1 is 1.32 bits per heavy atom. The van der Waals surface area contributed by atoms with Gasteiger partial charge in [-0.25, -0.2) is 26.9 Å². The molecule has 1 unspecified atom stereocenters. The number of aromatic nitrogens is 3. The highest BCUT2D eigenvalue weighted by Crippen LogP contribution is 2.16. The fourth-order valence-electron chi connectivity index (χ4n) is 1.42. The minimum Gasteiger partial charge on any atom is -0.262 e. The number of nitrogens with one attached hydrogen (secondary N) is 2. The Morgan fingerprint density at radius 3 is 2.63 bits per heavy atom. The second-order valence-corrected chi connectivity index (χ2v) is 5.50. The van der Waals surface area contributed by atoms with Crippen molar-refractivity contribution in [3.8, 4) is 0 Å².